The first-order valence-electron chi connectivity index (χ1n) is 6.72. The highest BCUT2D eigenvalue weighted by Gasteiger charge is 2.24. The molecule has 0 N–H and O–H groups in total. The van der Waals surface area contributed by atoms with Crippen LogP contribution in [0.2, 0.25) is 0 Å². The summed E-state index contributed by atoms with van der Waals surface area (Å²) >= 11 is 0. The molecule has 0 bridgehead atoms. The van der Waals surface area contributed by atoms with E-state index in [9.17, 15) is 4.79 Å². The molecular formula is C18H18O. The lowest BCUT2D eigenvalue weighted by Crippen LogP contribution is -2.16. The number of ketones is 1. The molecule has 0 fully saturated rings. The molecule has 0 heterocycles. The maximum absolute atomic E-state index is 12.6. The standard InChI is InChI=1S/C18H18O/c1-10-5-14-9-15-6-11(2)13(4)8-17(15)18(19)16(14)7-12(10)3/h5-8H,9H2,1-4H3. The van der Waals surface area contributed by atoms with Gasteiger partial charge in [0.1, 0.15) is 0 Å². The zero-order valence-corrected chi connectivity index (χ0v) is 11.9. The molecule has 0 spiro atoms. The van der Waals surface area contributed by atoms with Gasteiger partial charge in [-0.1, -0.05) is 12.1 Å². The Balaban J connectivity index is 2.23. The predicted octanol–water partition coefficient (Wildman–Crippen LogP) is 4.06. The van der Waals surface area contributed by atoms with E-state index in [1.165, 1.54) is 33.4 Å². The van der Waals surface area contributed by atoms with Crippen molar-refractivity contribution in [3.05, 3.63) is 68.8 Å². The average Bonchev–Trinajstić information content (AvgIpc) is 2.35. The summed E-state index contributed by atoms with van der Waals surface area (Å²) in [6.45, 7) is 8.35. The second-order valence-electron chi connectivity index (χ2n) is 5.69. The number of aryl methyl sites for hydroxylation is 4. The molecule has 1 aliphatic carbocycles. The lowest BCUT2D eigenvalue weighted by atomic mass is 9.82. The minimum atomic E-state index is 0.183. The number of rotatable bonds is 0. The molecule has 0 aromatic heterocycles. The van der Waals surface area contributed by atoms with Gasteiger partial charge in [0.15, 0.2) is 5.78 Å². The normalized spacial score (nSPS) is 13.2. The first kappa shape index (κ1) is 12.2. The summed E-state index contributed by atoms with van der Waals surface area (Å²) < 4.78 is 0. The molecular weight excluding hydrogens is 232 g/mol. The van der Waals surface area contributed by atoms with Crippen LogP contribution in [0.3, 0.4) is 0 Å². The lowest BCUT2D eigenvalue weighted by Gasteiger charge is -2.21. The average molecular weight is 250 g/mol. The Hall–Kier alpha value is -1.89. The fourth-order valence-corrected chi connectivity index (χ4v) is 2.82. The van der Waals surface area contributed by atoms with Gasteiger partial charge in [-0.15, -0.1) is 0 Å². The van der Waals surface area contributed by atoms with Gasteiger partial charge in [0.25, 0.3) is 0 Å². The van der Waals surface area contributed by atoms with Crippen molar-refractivity contribution in [1.29, 1.82) is 0 Å². The van der Waals surface area contributed by atoms with Crippen LogP contribution in [0.25, 0.3) is 0 Å². The van der Waals surface area contributed by atoms with Crippen LogP contribution in [0.15, 0.2) is 24.3 Å². The number of fused-ring (bicyclic) bond motifs is 2. The van der Waals surface area contributed by atoms with Gasteiger partial charge >= 0.3 is 0 Å². The van der Waals surface area contributed by atoms with E-state index in [1.54, 1.807) is 0 Å². The van der Waals surface area contributed by atoms with Gasteiger partial charge in [0.2, 0.25) is 0 Å². The van der Waals surface area contributed by atoms with Crippen LogP contribution >= 0.6 is 0 Å². The summed E-state index contributed by atoms with van der Waals surface area (Å²) in [6.07, 6.45) is 0.874. The highest BCUT2D eigenvalue weighted by atomic mass is 16.1. The van der Waals surface area contributed by atoms with Crippen molar-refractivity contribution in [2.75, 3.05) is 0 Å². The van der Waals surface area contributed by atoms with Crippen LogP contribution in [-0.4, -0.2) is 5.78 Å². The zero-order valence-electron chi connectivity index (χ0n) is 11.9. The van der Waals surface area contributed by atoms with E-state index in [0.717, 1.165) is 17.5 Å². The molecule has 2 aromatic rings. The van der Waals surface area contributed by atoms with E-state index in [2.05, 4.69) is 39.8 Å². The van der Waals surface area contributed by atoms with Gasteiger partial charge < -0.3 is 0 Å². The Morgan fingerprint density at radius 2 is 1.05 bits per heavy atom. The number of carbonyl (C=O) groups is 1. The smallest absolute Gasteiger partial charge is 0.193 e. The van der Waals surface area contributed by atoms with Crippen molar-refractivity contribution in [3.63, 3.8) is 0 Å². The van der Waals surface area contributed by atoms with Crippen LogP contribution < -0.4 is 0 Å². The van der Waals surface area contributed by atoms with Crippen LogP contribution in [0.1, 0.15) is 49.3 Å². The molecule has 0 radical (unpaired) electrons. The first-order valence-corrected chi connectivity index (χ1v) is 6.72. The molecule has 0 amide bonds. The predicted molar refractivity (Wildman–Crippen MR) is 78.1 cm³/mol. The maximum Gasteiger partial charge on any atom is 0.193 e. The van der Waals surface area contributed by atoms with E-state index in [1.807, 2.05) is 12.1 Å². The Kier molecular flexibility index (Phi) is 2.60. The molecule has 1 aliphatic rings. The van der Waals surface area contributed by atoms with Crippen molar-refractivity contribution in [2.24, 2.45) is 0 Å². The van der Waals surface area contributed by atoms with Gasteiger partial charge in [-0.2, -0.15) is 0 Å². The third-order valence-electron chi connectivity index (χ3n) is 4.31. The largest absolute Gasteiger partial charge is 0.289 e. The fraction of sp³-hybridized carbons (Fsp3) is 0.278. The molecule has 2 aromatic carbocycles. The van der Waals surface area contributed by atoms with Crippen LogP contribution in [0.5, 0.6) is 0 Å². The zero-order chi connectivity index (χ0) is 13.7. The van der Waals surface area contributed by atoms with E-state index >= 15 is 0 Å². The quantitative estimate of drug-likeness (QED) is 0.588. The minimum absolute atomic E-state index is 0.183. The van der Waals surface area contributed by atoms with E-state index in [-0.39, 0.29) is 5.78 Å². The Bertz CT molecular complexity index is 649. The Morgan fingerprint density at radius 1 is 0.684 bits per heavy atom. The highest BCUT2D eigenvalue weighted by Crippen LogP contribution is 2.30. The second kappa shape index (κ2) is 4.06. The Labute approximate surface area is 114 Å². The third-order valence-corrected chi connectivity index (χ3v) is 4.31. The highest BCUT2D eigenvalue weighted by molar-refractivity contribution is 6.12. The summed E-state index contributed by atoms with van der Waals surface area (Å²) in [4.78, 5) is 12.6. The summed E-state index contributed by atoms with van der Waals surface area (Å²) in [7, 11) is 0. The van der Waals surface area contributed by atoms with Crippen molar-refractivity contribution in [3.8, 4) is 0 Å². The van der Waals surface area contributed by atoms with Crippen molar-refractivity contribution >= 4 is 5.78 Å². The molecule has 0 saturated heterocycles. The number of benzene rings is 2. The number of hydrogen-bond donors (Lipinski definition) is 0. The fourth-order valence-electron chi connectivity index (χ4n) is 2.82. The summed E-state index contributed by atoms with van der Waals surface area (Å²) in [5.41, 5.74) is 9.03. The summed E-state index contributed by atoms with van der Waals surface area (Å²) in [5, 5.41) is 0. The topological polar surface area (TPSA) is 17.1 Å². The third kappa shape index (κ3) is 1.81. The lowest BCUT2D eigenvalue weighted by molar-refractivity contribution is 0.103. The van der Waals surface area contributed by atoms with E-state index in [0.29, 0.717) is 0 Å². The monoisotopic (exact) mass is 250 g/mol. The van der Waals surface area contributed by atoms with Gasteiger partial charge in [0.05, 0.1) is 0 Å². The van der Waals surface area contributed by atoms with E-state index in [4.69, 9.17) is 0 Å². The minimum Gasteiger partial charge on any atom is -0.289 e. The maximum atomic E-state index is 12.6. The molecule has 0 atom stereocenters. The van der Waals surface area contributed by atoms with Crippen LogP contribution in [0, 0.1) is 27.7 Å². The number of carbonyl (C=O) groups excluding carboxylic acids is 1. The molecule has 0 unspecified atom stereocenters. The van der Waals surface area contributed by atoms with Gasteiger partial charge in [-0.25, -0.2) is 0 Å². The molecule has 1 nitrogen and oxygen atoms in total. The number of hydrogen-bond acceptors (Lipinski definition) is 1. The van der Waals surface area contributed by atoms with Crippen molar-refractivity contribution in [1.82, 2.24) is 0 Å². The van der Waals surface area contributed by atoms with Crippen LogP contribution in [0.4, 0.5) is 0 Å². The summed E-state index contributed by atoms with van der Waals surface area (Å²) in [5.74, 6) is 0.183. The molecule has 19 heavy (non-hydrogen) atoms. The SMILES string of the molecule is Cc1cc2c(cc1C)C(=O)c1cc(C)c(C)cc1C2. The van der Waals surface area contributed by atoms with Gasteiger partial charge in [-0.3, -0.25) is 4.79 Å². The van der Waals surface area contributed by atoms with Gasteiger partial charge in [-0.05, 0) is 79.6 Å². The van der Waals surface area contributed by atoms with Crippen molar-refractivity contribution in [2.45, 2.75) is 34.1 Å². The molecule has 0 aliphatic heterocycles. The first-order chi connectivity index (χ1) is 8.97. The molecule has 0 saturated carbocycles. The molecule has 3 rings (SSSR count). The van der Waals surface area contributed by atoms with Crippen LogP contribution in [-0.2, 0) is 6.42 Å². The Morgan fingerprint density at radius 3 is 1.47 bits per heavy atom. The second-order valence-corrected chi connectivity index (χ2v) is 5.69. The van der Waals surface area contributed by atoms with E-state index < -0.39 is 0 Å². The summed E-state index contributed by atoms with van der Waals surface area (Å²) in [6, 6.07) is 8.43. The van der Waals surface area contributed by atoms with Crippen molar-refractivity contribution < 1.29 is 4.79 Å². The molecule has 96 valence electrons. The molecule has 1 heteroatoms. The van der Waals surface area contributed by atoms with Gasteiger partial charge in [0, 0.05) is 11.1 Å².